The summed E-state index contributed by atoms with van der Waals surface area (Å²) in [5.41, 5.74) is 0.875. The smallest absolute Gasteiger partial charge is 0.266 e. The maximum Gasteiger partial charge on any atom is 0.290 e. The molecule has 31 heavy (non-hydrogen) atoms. The second-order valence-electron chi connectivity index (χ2n) is 7.40. The fraction of sp³-hybridized carbons (Fsp3) is 0.429. The van der Waals surface area contributed by atoms with E-state index in [2.05, 4.69) is 3.77 Å². The molecule has 0 amide bonds. The minimum atomic E-state index is -4.25. The zero-order valence-electron chi connectivity index (χ0n) is 17.9. The lowest BCUT2D eigenvalue weighted by atomic mass is 10.1. The fourth-order valence-electron chi connectivity index (χ4n) is 2.99. The highest BCUT2D eigenvalue weighted by Crippen LogP contribution is 2.24. The second kappa shape index (κ2) is 10.7. The molecule has 2 aromatic rings. The Balaban J connectivity index is 2.56. The van der Waals surface area contributed by atoms with E-state index in [0.29, 0.717) is 12.8 Å². The molecule has 0 spiro atoms. The molecule has 0 saturated heterocycles. The number of rotatable bonds is 11. The zero-order valence-corrected chi connectivity index (χ0v) is 20.4. The maximum atomic E-state index is 14.0. The Morgan fingerprint density at radius 3 is 2.03 bits per heavy atom. The number of unbranched alkanes of at least 4 members (excludes halogenated alkanes) is 2. The molecule has 0 saturated carbocycles. The molecule has 2 atom stereocenters. The summed E-state index contributed by atoms with van der Waals surface area (Å²) in [6, 6.07) is 14.1. The molecule has 0 heterocycles. The highest BCUT2D eigenvalue weighted by Gasteiger charge is 2.27. The highest BCUT2D eigenvalue weighted by molar-refractivity contribution is 8.03. The Bertz CT molecular complexity index is 1180. The first-order chi connectivity index (χ1) is 14.5. The summed E-state index contributed by atoms with van der Waals surface area (Å²) in [6.45, 7) is 3.83. The van der Waals surface area contributed by atoms with Gasteiger partial charge >= 0.3 is 0 Å². The van der Waals surface area contributed by atoms with E-state index in [0.717, 1.165) is 24.7 Å². The molecule has 2 aromatic carbocycles. The van der Waals surface area contributed by atoms with Crippen LogP contribution in [0.1, 0.15) is 38.2 Å². The van der Waals surface area contributed by atoms with Gasteiger partial charge in [-0.05, 0) is 37.6 Å². The van der Waals surface area contributed by atoms with Crippen LogP contribution in [0.25, 0.3) is 0 Å². The van der Waals surface area contributed by atoms with Crippen molar-refractivity contribution in [2.45, 2.75) is 55.4 Å². The molecule has 0 fully saturated rings. The van der Waals surface area contributed by atoms with Crippen LogP contribution < -0.4 is 0 Å². The molecular weight excluding hydrogens is 458 g/mol. The van der Waals surface area contributed by atoms with Gasteiger partial charge in [0, 0.05) is 4.90 Å². The maximum absolute atomic E-state index is 14.0. The predicted molar refractivity (Wildman–Crippen MR) is 122 cm³/mol. The second-order valence-corrected chi connectivity index (χ2v) is 13.1. The lowest BCUT2D eigenvalue weighted by Crippen LogP contribution is -2.27. The number of benzene rings is 2. The normalized spacial score (nSPS) is 15.2. The van der Waals surface area contributed by atoms with Crippen LogP contribution in [0.5, 0.6) is 0 Å². The average molecular weight is 488 g/mol. The van der Waals surface area contributed by atoms with Gasteiger partial charge in [0.2, 0.25) is 0 Å². The van der Waals surface area contributed by atoms with Crippen molar-refractivity contribution in [1.29, 1.82) is 0 Å². The van der Waals surface area contributed by atoms with Crippen molar-refractivity contribution < 1.29 is 25.2 Å². The first-order valence-corrected chi connectivity index (χ1v) is 14.9. The summed E-state index contributed by atoms with van der Waals surface area (Å²) < 4.78 is 72.4. The number of hydrogen-bond acceptors (Lipinski definition) is 6. The van der Waals surface area contributed by atoms with E-state index in [-0.39, 0.29) is 15.5 Å². The molecule has 0 aliphatic carbocycles. The SMILES string of the molecule is CCCCC[C@H](C[S@](=O)(=NS(=O)(=O)c1ccc(C)cc1)c1ccccc1)OS(C)(=O)=O. The number of hydrogen-bond donors (Lipinski definition) is 0. The van der Waals surface area contributed by atoms with Gasteiger partial charge in [-0.15, -0.1) is 3.77 Å². The molecule has 0 aliphatic rings. The van der Waals surface area contributed by atoms with Crippen LogP contribution in [0, 0.1) is 6.92 Å². The lowest BCUT2D eigenvalue weighted by molar-refractivity contribution is 0.219. The van der Waals surface area contributed by atoms with Gasteiger partial charge in [-0.3, -0.25) is 4.18 Å². The molecule has 0 aliphatic heterocycles. The minimum absolute atomic E-state index is 0.0756. The van der Waals surface area contributed by atoms with Gasteiger partial charge in [-0.1, -0.05) is 62.1 Å². The van der Waals surface area contributed by atoms with Crippen LogP contribution in [-0.4, -0.2) is 39.2 Å². The third-order valence-electron chi connectivity index (χ3n) is 4.50. The Morgan fingerprint density at radius 1 is 0.871 bits per heavy atom. The summed E-state index contributed by atoms with van der Waals surface area (Å²) >= 11 is 0. The molecule has 7 nitrogen and oxygen atoms in total. The van der Waals surface area contributed by atoms with Gasteiger partial charge in [0.15, 0.2) is 0 Å². The van der Waals surface area contributed by atoms with Crippen LogP contribution in [-0.2, 0) is 34.1 Å². The summed E-state index contributed by atoms with van der Waals surface area (Å²) in [5, 5.41) is 0. The van der Waals surface area contributed by atoms with Crippen molar-refractivity contribution in [2.75, 3.05) is 12.0 Å². The average Bonchev–Trinajstić information content (AvgIpc) is 2.67. The van der Waals surface area contributed by atoms with Gasteiger partial charge < -0.3 is 0 Å². The molecule has 0 radical (unpaired) electrons. The summed E-state index contributed by atoms with van der Waals surface area (Å²) in [4.78, 5) is 0.136. The van der Waals surface area contributed by atoms with Crippen molar-refractivity contribution in [3.8, 4) is 0 Å². The quantitative estimate of drug-likeness (QED) is 0.348. The first kappa shape index (κ1) is 25.5. The molecule has 0 aromatic heterocycles. The topological polar surface area (TPSA) is 107 Å². The van der Waals surface area contributed by atoms with E-state index in [1.54, 1.807) is 30.3 Å². The first-order valence-electron chi connectivity index (χ1n) is 9.96. The Kier molecular flexibility index (Phi) is 8.82. The van der Waals surface area contributed by atoms with Gasteiger partial charge in [-0.25, -0.2) is 4.21 Å². The summed E-state index contributed by atoms with van der Waals surface area (Å²) in [7, 11) is -11.6. The number of nitrogens with zero attached hydrogens (tertiary/aromatic N) is 1. The third-order valence-corrected chi connectivity index (χ3v) is 9.57. The van der Waals surface area contributed by atoms with Gasteiger partial charge in [0.05, 0.1) is 32.7 Å². The van der Waals surface area contributed by atoms with E-state index < -0.39 is 36.0 Å². The molecular formula is C21H29NO6S3. The summed E-state index contributed by atoms with van der Waals surface area (Å²) in [5.74, 6) is -0.348. The molecule has 2 rings (SSSR count). The zero-order chi connectivity index (χ0) is 23.1. The Morgan fingerprint density at radius 2 is 1.48 bits per heavy atom. The molecule has 172 valence electrons. The molecule has 0 bridgehead atoms. The Labute approximate surface area is 186 Å². The van der Waals surface area contributed by atoms with Crippen LogP contribution in [0.4, 0.5) is 0 Å². The predicted octanol–water partition coefficient (Wildman–Crippen LogP) is 4.14. The van der Waals surface area contributed by atoms with Crippen molar-refractivity contribution in [2.24, 2.45) is 3.77 Å². The minimum Gasteiger partial charge on any atom is -0.266 e. The van der Waals surface area contributed by atoms with Gasteiger partial charge in [-0.2, -0.15) is 16.8 Å². The van der Waals surface area contributed by atoms with Crippen LogP contribution in [0.2, 0.25) is 0 Å². The van der Waals surface area contributed by atoms with Crippen molar-refractivity contribution in [3.05, 3.63) is 60.2 Å². The monoisotopic (exact) mass is 487 g/mol. The standard InChI is InChI=1S/C21H29NO6S3/c1-4-5-7-10-19(28-29(3,23)24)17-30(25,20-11-8-6-9-12-20)22-31(26,27)21-15-13-18(2)14-16-21/h6,8-9,11-16,19H,4-5,7,10,17H2,1-3H3/t19-,30-/m1/s1. The van der Waals surface area contributed by atoms with E-state index in [9.17, 15) is 21.0 Å². The van der Waals surface area contributed by atoms with E-state index in [1.165, 1.54) is 24.3 Å². The highest BCUT2D eigenvalue weighted by atomic mass is 32.3. The van der Waals surface area contributed by atoms with Gasteiger partial charge in [0.1, 0.15) is 0 Å². The van der Waals surface area contributed by atoms with Crippen molar-refractivity contribution in [1.82, 2.24) is 0 Å². The molecule has 0 unspecified atom stereocenters. The van der Waals surface area contributed by atoms with Crippen LogP contribution in [0.3, 0.4) is 0 Å². The summed E-state index contributed by atoms with van der Waals surface area (Å²) in [6.07, 6.45) is 2.70. The molecule has 10 heteroatoms. The number of aryl methyl sites for hydroxylation is 1. The van der Waals surface area contributed by atoms with E-state index in [1.807, 2.05) is 13.8 Å². The number of sulfonamides is 1. The van der Waals surface area contributed by atoms with Gasteiger partial charge in [0.25, 0.3) is 20.1 Å². The largest absolute Gasteiger partial charge is 0.290 e. The van der Waals surface area contributed by atoms with E-state index in [4.69, 9.17) is 4.18 Å². The lowest BCUT2D eigenvalue weighted by Gasteiger charge is -2.19. The Hall–Kier alpha value is -1.75. The van der Waals surface area contributed by atoms with Crippen LogP contribution in [0.15, 0.2) is 68.2 Å². The van der Waals surface area contributed by atoms with Crippen molar-refractivity contribution in [3.63, 3.8) is 0 Å². The van der Waals surface area contributed by atoms with Crippen LogP contribution >= 0.6 is 0 Å². The van der Waals surface area contributed by atoms with E-state index >= 15 is 0 Å². The van der Waals surface area contributed by atoms with Crippen molar-refractivity contribution >= 4 is 29.9 Å². The fourth-order valence-corrected chi connectivity index (χ4v) is 7.93. The molecule has 0 N–H and O–H groups in total. The third kappa shape index (κ3) is 8.03.